The lowest BCUT2D eigenvalue weighted by atomic mass is 10.2. The van der Waals surface area contributed by atoms with Gasteiger partial charge in [-0.15, -0.1) is 0 Å². The van der Waals surface area contributed by atoms with E-state index in [9.17, 15) is 8.42 Å². The van der Waals surface area contributed by atoms with Crippen molar-refractivity contribution in [2.75, 3.05) is 13.2 Å². The summed E-state index contributed by atoms with van der Waals surface area (Å²) in [4.78, 5) is 0. The fourth-order valence-electron chi connectivity index (χ4n) is 2.43. The van der Waals surface area contributed by atoms with Crippen molar-refractivity contribution in [3.63, 3.8) is 0 Å². The number of ether oxygens (including phenoxy) is 2. The lowest BCUT2D eigenvalue weighted by molar-refractivity contribution is -0.107. The highest BCUT2D eigenvalue weighted by atomic mass is 32.3. The van der Waals surface area contributed by atoms with Crippen molar-refractivity contribution in [3.8, 4) is 0 Å². The second kappa shape index (κ2) is 8.55. The van der Waals surface area contributed by atoms with Crippen LogP contribution in [0.3, 0.4) is 0 Å². The molecule has 1 saturated heterocycles. The van der Waals surface area contributed by atoms with Crippen LogP contribution in [0.4, 0.5) is 0 Å². The van der Waals surface area contributed by atoms with E-state index in [0.29, 0.717) is 13.2 Å². The Kier molecular flexibility index (Phi) is 6.17. The number of benzene rings is 2. The molecule has 2 aromatic carbocycles. The molecule has 0 N–H and O–H groups in total. The Balaban J connectivity index is 1.56. The minimum absolute atomic E-state index is 0.0888. The Morgan fingerprint density at radius 3 is 2.16 bits per heavy atom. The molecule has 0 radical (unpaired) electrons. The standard InChI is InChI=1S/C18H20O6S/c19-25(20)23-14-17(22-12-16-9-5-2-6-10-16)18(24-25)13-21-11-15-7-3-1-4-8-15/h1-10,17-18H,11-14H2/t17-,18-/m1/s1. The second-order valence-electron chi connectivity index (χ2n) is 5.66. The molecule has 1 aliphatic heterocycles. The molecule has 134 valence electrons. The van der Waals surface area contributed by atoms with Crippen LogP contribution in [-0.4, -0.2) is 33.8 Å². The highest BCUT2D eigenvalue weighted by Gasteiger charge is 2.36. The van der Waals surface area contributed by atoms with Crippen molar-refractivity contribution in [1.82, 2.24) is 0 Å². The average Bonchev–Trinajstić information content (AvgIpc) is 2.62. The van der Waals surface area contributed by atoms with E-state index in [1.54, 1.807) is 0 Å². The van der Waals surface area contributed by atoms with E-state index in [1.165, 1.54) is 0 Å². The van der Waals surface area contributed by atoms with Crippen LogP contribution in [0.15, 0.2) is 60.7 Å². The predicted molar refractivity (Wildman–Crippen MR) is 90.9 cm³/mol. The zero-order chi connectivity index (χ0) is 17.5. The first kappa shape index (κ1) is 18.0. The van der Waals surface area contributed by atoms with Crippen molar-refractivity contribution in [1.29, 1.82) is 0 Å². The molecular formula is C18H20O6S. The first-order valence-electron chi connectivity index (χ1n) is 7.97. The highest BCUT2D eigenvalue weighted by Crippen LogP contribution is 2.19. The highest BCUT2D eigenvalue weighted by molar-refractivity contribution is 7.81. The lowest BCUT2D eigenvalue weighted by Gasteiger charge is -2.30. The summed E-state index contributed by atoms with van der Waals surface area (Å²) in [6, 6.07) is 19.2. The maximum absolute atomic E-state index is 11.6. The molecule has 1 fully saturated rings. The quantitative estimate of drug-likeness (QED) is 0.752. The summed E-state index contributed by atoms with van der Waals surface area (Å²) in [6.07, 6.45) is -1.27. The molecule has 1 aliphatic rings. The van der Waals surface area contributed by atoms with Crippen molar-refractivity contribution >= 4 is 10.4 Å². The fraction of sp³-hybridized carbons (Fsp3) is 0.333. The van der Waals surface area contributed by atoms with Crippen LogP contribution in [0.1, 0.15) is 11.1 Å². The maximum atomic E-state index is 11.6. The SMILES string of the molecule is O=S1(=O)OC[C@@H](OCc2ccccc2)[C@@H](COCc2ccccc2)O1. The first-order chi connectivity index (χ1) is 12.1. The lowest BCUT2D eigenvalue weighted by Crippen LogP contribution is -2.45. The van der Waals surface area contributed by atoms with Gasteiger partial charge in [-0.05, 0) is 11.1 Å². The third-order valence-corrected chi connectivity index (χ3v) is 4.64. The number of hydrogen-bond acceptors (Lipinski definition) is 6. The van der Waals surface area contributed by atoms with E-state index in [2.05, 4.69) is 0 Å². The van der Waals surface area contributed by atoms with Crippen molar-refractivity contribution < 1.29 is 26.3 Å². The van der Waals surface area contributed by atoms with E-state index in [4.69, 9.17) is 17.8 Å². The molecule has 0 aliphatic carbocycles. The third kappa shape index (κ3) is 5.62. The van der Waals surface area contributed by atoms with Crippen LogP contribution in [0.25, 0.3) is 0 Å². The molecule has 0 bridgehead atoms. The van der Waals surface area contributed by atoms with Gasteiger partial charge in [-0.1, -0.05) is 60.7 Å². The van der Waals surface area contributed by atoms with E-state index in [-0.39, 0.29) is 13.2 Å². The van der Waals surface area contributed by atoms with Gasteiger partial charge in [0.15, 0.2) is 0 Å². The zero-order valence-corrected chi connectivity index (χ0v) is 14.4. The van der Waals surface area contributed by atoms with Gasteiger partial charge < -0.3 is 9.47 Å². The topological polar surface area (TPSA) is 71.1 Å². The molecule has 3 rings (SSSR count). The van der Waals surface area contributed by atoms with Crippen molar-refractivity contribution in [2.45, 2.75) is 25.4 Å². The van der Waals surface area contributed by atoms with Crippen LogP contribution in [0.2, 0.25) is 0 Å². The zero-order valence-electron chi connectivity index (χ0n) is 13.6. The Labute approximate surface area is 147 Å². The van der Waals surface area contributed by atoms with Crippen LogP contribution in [0, 0.1) is 0 Å². The summed E-state index contributed by atoms with van der Waals surface area (Å²) in [5.74, 6) is 0. The van der Waals surface area contributed by atoms with E-state index < -0.39 is 22.6 Å². The van der Waals surface area contributed by atoms with Gasteiger partial charge in [0.2, 0.25) is 0 Å². The molecule has 2 aromatic rings. The molecule has 6 nitrogen and oxygen atoms in total. The van der Waals surface area contributed by atoms with Gasteiger partial charge >= 0.3 is 10.4 Å². The maximum Gasteiger partial charge on any atom is 0.400 e. The fourth-order valence-corrected chi connectivity index (χ4v) is 3.27. The Bertz CT molecular complexity index is 748. The Morgan fingerprint density at radius 1 is 0.920 bits per heavy atom. The number of hydrogen-bond donors (Lipinski definition) is 0. The Hall–Kier alpha value is -1.77. The molecule has 0 amide bonds. The molecule has 0 spiro atoms. The summed E-state index contributed by atoms with van der Waals surface area (Å²) in [5.41, 5.74) is 1.99. The van der Waals surface area contributed by atoms with Gasteiger partial charge in [0.1, 0.15) is 12.2 Å². The monoisotopic (exact) mass is 364 g/mol. The average molecular weight is 364 g/mol. The van der Waals surface area contributed by atoms with Gasteiger partial charge in [-0.2, -0.15) is 8.42 Å². The molecule has 7 heteroatoms. The van der Waals surface area contributed by atoms with Gasteiger partial charge in [-0.25, -0.2) is 8.37 Å². The van der Waals surface area contributed by atoms with Gasteiger partial charge in [0.25, 0.3) is 0 Å². The summed E-state index contributed by atoms with van der Waals surface area (Å²) < 4.78 is 44.3. The van der Waals surface area contributed by atoms with Gasteiger partial charge in [0.05, 0.1) is 26.4 Å². The molecule has 0 saturated carbocycles. The van der Waals surface area contributed by atoms with Crippen molar-refractivity contribution in [3.05, 3.63) is 71.8 Å². The molecular weight excluding hydrogens is 344 g/mol. The van der Waals surface area contributed by atoms with Crippen LogP contribution in [0.5, 0.6) is 0 Å². The van der Waals surface area contributed by atoms with Crippen LogP contribution < -0.4 is 0 Å². The van der Waals surface area contributed by atoms with E-state index >= 15 is 0 Å². The van der Waals surface area contributed by atoms with Gasteiger partial charge in [0, 0.05) is 0 Å². The van der Waals surface area contributed by atoms with E-state index in [0.717, 1.165) is 11.1 Å². The smallest absolute Gasteiger partial charge is 0.374 e. The molecule has 25 heavy (non-hydrogen) atoms. The second-order valence-corrected chi connectivity index (χ2v) is 6.91. The summed E-state index contributed by atoms with van der Waals surface area (Å²) in [7, 11) is -4.00. The van der Waals surface area contributed by atoms with Crippen LogP contribution in [-0.2, 0) is 41.5 Å². The van der Waals surface area contributed by atoms with E-state index in [1.807, 2.05) is 60.7 Å². The molecule has 0 unspecified atom stereocenters. The first-order valence-corrected chi connectivity index (χ1v) is 9.30. The van der Waals surface area contributed by atoms with Crippen molar-refractivity contribution in [2.24, 2.45) is 0 Å². The molecule has 1 heterocycles. The normalized spacial score (nSPS) is 22.6. The van der Waals surface area contributed by atoms with Gasteiger partial charge in [-0.3, -0.25) is 0 Å². The predicted octanol–water partition coefficient (Wildman–Crippen LogP) is 2.45. The minimum Gasteiger partial charge on any atom is -0.374 e. The number of rotatable bonds is 7. The minimum atomic E-state index is -4.00. The molecule has 2 atom stereocenters. The summed E-state index contributed by atoms with van der Waals surface area (Å²) in [6.45, 7) is 0.714. The third-order valence-electron chi connectivity index (χ3n) is 3.73. The largest absolute Gasteiger partial charge is 0.400 e. The Morgan fingerprint density at radius 2 is 1.52 bits per heavy atom. The summed E-state index contributed by atoms with van der Waals surface area (Å²) >= 11 is 0. The summed E-state index contributed by atoms with van der Waals surface area (Å²) in [5, 5.41) is 0. The molecule has 0 aromatic heterocycles. The van der Waals surface area contributed by atoms with Crippen LogP contribution >= 0.6 is 0 Å².